The van der Waals surface area contributed by atoms with Gasteiger partial charge in [0.2, 0.25) is 0 Å². The van der Waals surface area contributed by atoms with Crippen LogP contribution in [0, 0.1) is 5.82 Å². The first-order valence-electron chi connectivity index (χ1n) is 9.92. The van der Waals surface area contributed by atoms with Crippen molar-refractivity contribution in [1.29, 1.82) is 0 Å². The molecule has 0 fully saturated rings. The maximum Gasteiger partial charge on any atom is 0.266 e. The molecule has 0 saturated heterocycles. The second-order valence-electron chi connectivity index (χ2n) is 6.83. The molecule has 3 rings (SSSR count). The van der Waals surface area contributed by atoms with Crippen LogP contribution in [0.15, 0.2) is 59.4 Å². The van der Waals surface area contributed by atoms with Crippen molar-refractivity contribution in [1.82, 2.24) is 15.1 Å². The minimum absolute atomic E-state index is 0.00651. The number of hydrogen-bond donors (Lipinski definition) is 1. The van der Waals surface area contributed by atoms with Gasteiger partial charge in [0.1, 0.15) is 11.5 Å². The van der Waals surface area contributed by atoms with Gasteiger partial charge in [0.25, 0.3) is 11.5 Å². The lowest BCUT2D eigenvalue weighted by molar-refractivity contribution is -0.127. The van der Waals surface area contributed by atoms with Crippen LogP contribution in [0.2, 0.25) is 0 Å². The third-order valence-electron chi connectivity index (χ3n) is 4.68. The summed E-state index contributed by atoms with van der Waals surface area (Å²) in [7, 11) is 3.10. The highest BCUT2D eigenvalue weighted by Crippen LogP contribution is 2.31. The average molecular weight is 441 g/mol. The summed E-state index contributed by atoms with van der Waals surface area (Å²) < 4.78 is 30.9. The lowest BCUT2D eigenvalue weighted by Gasteiger charge is -2.15. The van der Waals surface area contributed by atoms with Crippen molar-refractivity contribution in [3.05, 3.63) is 70.8 Å². The molecular formula is C23H24FN3O5. The second-order valence-corrected chi connectivity index (χ2v) is 6.83. The van der Waals surface area contributed by atoms with Crippen molar-refractivity contribution in [2.75, 3.05) is 20.8 Å². The van der Waals surface area contributed by atoms with Crippen molar-refractivity contribution in [2.24, 2.45) is 0 Å². The van der Waals surface area contributed by atoms with Gasteiger partial charge in [-0.1, -0.05) is 12.1 Å². The van der Waals surface area contributed by atoms with E-state index in [4.69, 9.17) is 14.2 Å². The van der Waals surface area contributed by atoms with E-state index in [0.29, 0.717) is 22.8 Å². The number of ether oxygens (including phenoxy) is 3. The highest BCUT2D eigenvalue weighted by Gasteiger charge is 2.16. The van der Waals surface area contributed by atoms with Gasteiger partial charge in [-0.3, -0.25) is 9.59 Å². The summed E-state index contributed by atoms with van der Waals surface area (Å²) in [5.74, 6) is 0.208. The van der Waals surface area contributed by atoms with Gasteiger partial charge in [-0.05, 0) is 43.3 Å². The molecule has 168 valence electrons. The van der Waals surface area contributed by atoms with Gasteiger partial charge in [-0.25, -0.2) is 9.07 Å². The topological polar surface area (TPSA) is 91.7 Å². The summed E-state index contributed by atoms with van der Waals surface area (Å²) in [6, 6.07) is 14.1. The standard InChI is InChI=1S/C23H24FN3O5/c1-15(32-21-7-5-4-6-18(21)24)23(29)25-12-13-27-22(28)11-9-19(26-27)17-14-16(30-2)8-10-20(17)31-3/h4-11,14-15H,12-13H2,1-3H3,(H,25,29). The zero-order valence-corrected chi connectivity index (χ0v) is 18.0. The van der Waals surface area contributed by atoms with Gasteiger partial charge in [-0.15, -0.1) is 0 Å². The fraction of sp³-hybridized carbons (Fsp3) is 0.261. The Hall–Kier alpha value is -3.88. The van der Waals surface area contributed by atoms with Crippen LogP contribution < -0.4 is 25.1 Å². The van der Waals surface area contributed by atoms with Crippen LogP contribution in [0.4, 0.5) is 4.39 Å². The summed E-state index contributed by atoms with van der Waals surface area (Å²) in [6.07, 6.45) is -0.913. The number of amides is 1. The number of aromatic nitrogens is 2. The highest BCUT2D eigenvalue weighted by molar-refractivity contribution is 5.80. The smallest absolute Gasteiger partial charge is 0.266 e. The van der Waals surface area contributed by atoms with E-state index in [1.54, 1.807) is 44.6 Å². The Labute approximate surface area is 184 Å². The van der Waals surface area contributed by atoms with Crippen molar-refractivity contribution < 1.29 is 23.4 Å². The molecule has 32 heavy (non-hydrogen) atoms. The minimum atomic E-state index is -0.913. The van der Waals surface area contributed by atoms with Gasteiger partial charge in [0.15, 0.2) is 17.7 Å². The molecule has 9 heteroatoms. The van der Waals surface area contributed by atoms with Crippen LogP contribution in [0.1, 0.15) is 6.92 Å². The fourth-order valence-corrected chi connectivity index (χ4v) is 2.98. The van der Waals surface area contributed by atoms with E-state index in [9.17, 15) is 14.0 Å². The first-order valence-corrected chi connectivity index (χ1v) is 9.92. The molecule has 8 nitrogen and oxygen atoms in total. The van der Waals surface area contributed by atoms with E-state index in [1.807, 2.05) is 0 Å². The molecule has 3 aromatic rings. The largest absolute Gasteiger partial charge is 0.497 e. The predicted molar refractivity (Wildman–Crippen MR) is 117 cm³/mol. The lowest BCUT2D eigenvalue weighted by Crippen LogP contribution is -2.39. The van der Waals surface area contributed by atoms with Gasteiger partial charge >= 0.3 is 0 Å². The van der Waals surface area contributed by atoms with Crippen LogP contribution in [0.25, 0.3) is 11.3 Å². The SMILES string of the molecule is COc1ccc(OC)c(-c2ccc(=O)n(CCNC(=O)C(C)Oc3ccccc3F)n2)c1. The number of hydrogen-bond acceptors (Lipinski definition) is 6. The highest BCUT2D eigenvalue weighted by atomic mass is 19.1. The molecule has 0 spiro atoms. The third kappa shape index (κ3) is 5.42. The normalized spacial score (nSPS) is 11.5. The van der Waals surface area contributed by atoms with Gasteiger partial charge in [0, 0.05) is 18.2 Å². The molecule has 0 bridgehead atoms. The number of benzene rings is 2. The number of carbonyl (C=O) groups is 1. The zero-order chi connectivity index (χ0) is 23.1. The summed E-state index contributed by atoms with van der Waals surface area (Å²) in [6.45, 7) is 1.79. The Kier molecular flexibility index (Phi) is 7.43. The fourth-order valence-electron chi connectivity index (χ4n) is 2.98. The Balaban J connectivity index is 1.67. The van der Waals surface area contributed by atoms with E-state index < -0.39 is 17.8 Å². The second kappa shape index (κ2) is 10.4. The van der Waals surface area contributed by atoms with E-state index in [0.717, 1.165) is 0 Å². The molecule has 1 aromatic heterocycles. The minimum Gasteiger partial charge on any atom is -0.497 e. The van der Waals surface area contributed by atoms with E-state index in [1.165, 1.54) is 35.9 Å². The van der Waals surface area contributed by atoms with Crippen LogP contribution in [0.3, 0.4) is 0 Å². The quantitative estimate of drug-likeness (QED) is 0.549. The number of nitrogens with zero attached hydrogens (tertiary/aromatic N) is 2. The number of nitrogens with one attached hydrogen (secondary N) is 1. The number of para-hydroxylation sites is 1. The summed E-state index contributed by atoms with van der Waals surface area (Å²) in [5.41, 5.74) is 0.861. The predicted octanol–water partition coefficient (Wildman–Crippen LogP) is 2.65. The van der Waals surface area contributed by atoms with Crippen LogP contribution in [-0.4, -0.2) is 42.6 Å². The molecular weight excluding hydrogens is 417 g/mol. The average Bonchev–Trinajstić information content (AvgIpc) is 2.81. The summed E-state index contributed by atoms with van der Waals surface area (Å²) in [4.78, 5) is 24.5. The van der Waals surface area contributed by atoms with Crippen molar-refractivity contribution in [3.8, 4) is 28.5 Å². The van der Waals surface area contributed by atoms with E-state index >= 15 is 0 Å². The van der Waals surface area contributed by atoms with Crippen LogP contribution >= 0.6 is 0 Å². The van der Waals surface area contributed by atoms with E-state index in [-0.39, 0.29) is 24.4 Å². The number of carbonyl (C=O) groups excluding carboxylic acids is 1. The van der Waals surface area contributed by atoms with Gasteiger partial charge in [0.05, 0.1) is 26.5 Å². The molecule has 1 N–H and O–H groups in total. The molecule has 0 aliphatic heterocycles. The Morgan fingerprint density at radius 3 is 2.59 bits per heavy atom. The number of rotatable bonds is 9. The lowest BCUT2D eigenvalue weighted by atomic mass is 10.1. The maximum atomic E-state index is 13.7. The molecule has 0 saturated carbocycles. The van der Waals surface area contributed by atoms with Crippen LogP contribution in [-0.2, 0) is 11.3 Å². The van der Waals surface area contributed by atoms with Crippen molar-refractivity contribution in [2.45, 2.75) is 19.6 Å². The Morgan fingerprint density at radius 1 is 1.09 bits per heavy atom. The van der Waals surface area contributed by atoms with Crippen molar-refractivity contribution in [3.63, 3.8) is 0 Å². The summed E-state index contributed by atoms with van der Waals surface area (Å²) in [5, 5.41) is 7.05. The van der Waals surface area contributed by atoms with Gasteiger partial charge < -0.3 is 19.5 Å². The molecule has 0 aliphatic carbocycles. The molecule has 0 aliphatic rings. The Bertz CT molecular complexity index is 1150. The molecule has 2 aromatic carbocycles. The molecule has 1 heterocycles. The monoisotopic (exact) mass is 441 g/mol. The molecule has 1 amide bonds. The summed E-state index contributed by atoms with van der Waals surface area (Å²) >= 11 is 0. The third-order valence-corrected chi connectivity index (χ3v) is 4.68. The number of halogens is 1. The Morgan fingerprint density at radius 2 is 1.88 bits per heavy atom. The molecule has 1 atom stereocenters. The zero-order valence-electron chi connectivity index (χ0n) is 18.0. The first kappa shape index (κ1) is 22.8. The van der Waals surface area contributed by atoms with Crippen LogP contribution in [0.5, 0.6) is 17.2 Å². The molecule has 0 radical (unpaired) electrons. The van der Waals surface area contributed by atoms with E-state index in [2.05, 4.69) is 10.4 Å². The number of methoxy groups -OCH3 is 2. The maximum absolute atomic E-state index is 13.7. The van der Waals surface area contributed by atoms with Crippen molar-refractivity contribution >= 4 is 5.91 Å². The first-order chi connectivity index (χ1) is 15.4. The van der Waals surface area contributed by atoms with Gasteiger partial charge in [-0.2, -0.15) is 5.10 Å². The molecule has 1 unspecified atom stereocenters.